The standard InChI is InChI=1S/C16H11BrN2O2S/c17-11-2-1-3-12(9-11)18-16-19-15(21)14(22-16)8-10-4-6-13(20)7-5-10/h1-9,20H,(H,18,19,21)/b14-8-. The first-order valence-electron chi connectivity index (χ1n) is 6.44. The molecule has 1 saturated heterocycles. The molecule has 1 amide bonds. The molecule has 2 N–H and O–H groups in total. The molecule has 110 valence electrons. The number of benzene rings is 2. The highest BCUT2D eigenvalue weighted by molar-refractivity contribution is 9.10. The van der Waals surface area contributed by atoms with Crippen molar-refractivity contribution in [1.82, 2.24) is 5.32 Å². The molecular weight excluding hydrogens is 364 g/mol. The fourth-order valence-corrected chi connectivity index (χ4v) is 3.09. The van der Waals surface area contributed by atoms with Crippen molar-refractivity contribution in [2.75, 3.05) is 0 Å². The number of thioether (sulfide) groups is 1. The van der Waals surface area contributed by atoms with Crippen LogP contribution in [0.2, 0.25) is 0 Å². The van der Waals surface area contributed by atoms with Crippen molar-refractivity contribution in [3.05, 3.63) is 63.5 Å². The predicted molar refractivity (Wildman–Crippen MR) is 93.1 cm³/mol. The Balaban J connectivity index is 1.82. The van der Waals surface area contributed by atoms with Gasteiger partial charge in [-0.2, -0.15) is 0 Å². The van der Waals surface area contributed by atoms with E-state index in [1.807, 2.05) is 24.3 Å². The van der Waals surface area contributed by atoms with Crippen LogP contribution in [0.25, 0.3) is 6.08 Å². The van der Waals surface area contributed by atoms with Crippen LogP contribution in [0.4, 0.5) is 5.69 Å². The number of amides is 1. The van der Waals surface area contributed by atoms with Gasteiger partial charge < -0.3 is 10.4 Å². The zero-order valence-electron chi connectivity index (χ0n) is 11.3. The average molecular weight is 375 g/mol. The summed E-state index contributed by atoms with van der Waals surface area (Å²) in [6, 6.07) is 14.2. The van der Waals surface area contributed by atoms with Crippen LogP contribution in [0.15, 0.2) is 62.9 Å². The molecule has 1 aliphatic rings. The second-order valence-corrected chi connectivity index (χ2v) is 6.50. The molecule has 0 aliphatic carbocycles. The Labute approximate surface area is 140 Å². The van der Waals surface area contributed by atoms with E-state index in [0.717, 1.165) is 15.7 Å². The van der Waals surface area contributed by atoms with Crippen molar-refractivity contribution in [2.45, 2.75) is 0 Å². The molecule has 0 saturated carbocycles. The third kappa shape index (κ3) is 3.58. The minimum absolute atomic E-state index is 0.174. The molecule has 0 bridgehead atoms. The van der Waals surface area contributed by atoms with Gasteiger partial charge in [0.2, 0.25) is 0 Å². The number of phenols is 1. The van der Waals surface area contributed by atoms with Crippen molar-refractivity contribution in [3.8, 4) is 5.75 Å². The minimum Gasteiger partial charge on any atom is -0.508 e. The lowest BCUT2D eigenvalue weighted by Crippen LogP contribution is -2.19. The molecule has 3 rings (SSSR count). The van der Waals surface area contributed by atoms with Crippen LogP contribution in [0.1, 0.15) is 5.56 Å². The monoisotopic (exact) mass is 374 g/mol. The van der Waals surface area contributed by atoms with Crippen LogP contribution in [0.5, 0.6) is 5.75 Å². The molecular formula is C16H11BrN2O2S. The fraction of sp³-hybridized carbons (Fsp3) is 0. The first-order chi connectivity index (χ1) is 10.6. The Bertz CT molecular complexity index is 785. The number of nitrogens with one attached hydrogen (secondary N) is 1. The molecule has 0 unspecified atom stereocenters. The van der Waals surface area contributed by atoms with Gasteiger partial charge in [0.15, 0.2) is 5.17 Å². The number of carbonyl (C=O) groups is 1. The maximum absolute atomic E-state index is 12.0. The van der Waals surface area contributed by atoms with E-state index in [2.05, 4.69) is 26.2 Å². The Kier molecular flexibility index (Phi) is 4.31. The summed E-state index contributed by atoms with van der Waals surface area (Å²) in [6.07, 6.45) is 1.77. The smallest absolute Gasteiger partial charge is 0.264 e. The summed E-state index contributed by atoms with van der Waals surface area (Å²) < 4.78 is 0.934. The fourth-order valence-electron chi connectivity index (χ4n) is 1.87. The third-order valence-corrected chi connectivity index (χ3v) is 4.28. The highest BCUT2D eigenvalue weighted by atomic mass is 79.9. The highest BCUT2D eigenvalue weighted by Gasteiger charge is 2.23. The SMILES string of the molecule is O=C1NC(=Nc2cccc(Br)c2)S/C1=C\c1ccc(O)cc1. The summed E-state index contributed by atoms with van der Waals surface area (Å²) in [6.45, 7) is 0. The predicted octanol–water partition coefficient (Wildman–Crippen LogP) is 4.05. The van der Waals surface area contributed by atoms with Gasteiger partial charge in [-0.15, -0.1) is 0 Å². The molecule has 2 aromatic carbocycles. The van der Waals surface area contributed by atoms with Gasteiger partial charge in [0.05, 0.1) is 10.6 Å². The number of hydrogen-bond donors (Lipinski definition) is 2. The van der Waals surface area contributed by atoms with Crippen LogP contribution in [0.3, 0.4) is 0 Å². The number of aromatic hydroxyl groups is 1. The van der Waals surface area contributed by atoms with E-state index >= 15 is 0 Å². The van der Waals surface area contributed by atoms with Gasteiger partial charge in [0.1, 0.15) is 5.75 Å². The molecule has 1 aliphatic heterocycles. The molecule has 0 spiro atoms. The topological polar surface area (TPSA) is 61.7 Å². The van der Waals surface area contributed by atoms with Gasteiger partial charge in [-0.25, -0.2) is 4.99 Å². The third-order valence-electron chi connectivity index (χ3n) is 2.88. The van der Waals surface area contributed by atoms with Crippen molar-refractivity contribution in [2.24, 2.45) is 4.99 Å². The largest absolute Gasteiger partial charge is 0.508 e. The normalized spacial score (nSPS) is 18.0. The van der Waals surface area contributed by atoms with Gasteiger partial charge >= 0.3 is 0 Å². The molecule has 0 aromatic heterocycles. The average Bonchev–Trinajstić information content (AvgIpc) is 2.81. The van der Waals surface area contributed by atoms with E-state index in [0.29, 0.717) is 10.1 Å². The maximum Gasteiger partial charge on any atom is 0.264 e. The lowest BCUT2D eigenvalue weighted by molar-refractivity contribution is -0.115. The van der Waals surface area contributed by atoms with Crippen LogP contribution >= 0.6 is 27.7 Å². The van der Waals surface area contributed by atoms with Gasteiger partial charge in [-0.1, -0.05) is 34.1 Å². The van der Waals surface area contributed by atoms with E-state index in [1.165, 1.54) is 11.8 Å². The molecule has 0 radical (unpaired) electrons. The van der Waals surface area contributed by atoms with Crippen molar-refractivity contribution in [3.63, 3.8) is 0 Å². The number of carbonyl (C=O) groups excluding carboxylic acids is 1. The number of nitrogens with zero attached hydrogens (tertiary/aromatic N) is 1. The van der Waals surface area contributed by atoms with Crippen LogP contribution < -0.4 is 5.32 Å². The molecule has 0 atom stereocenters. The van der Waals surface area contributed by atoms with Crippen molar-refractivity contribution in [1.29, 1.82) is 0 Å². The lowest BCUT2D eigenvalue weighted by atomic mass is 10.2. The molecule has 6 heteroatoms. The maximum atomic E-state index is 12.0. The highest BCUT2D eigenvalue weighted by Crippen LogP contribution is 2.29. The molecule has 1 fully saturated rings. The Morgan fingerprint density at radius 3 is 2.68 bits per heavy atom. The summed E-state index contributed by atoms with van der Waals surface area (Å²) in [7, 11) is 0. The Morgan fingerprint density at radius 1 is 1.18 bits per heavy atom. The number of hydrogen-bond acceptors (Lipinski definition) is 4. The van der Waals surface area contributed by atoms with E-state index in [-0.39, 0.29) is 11.7 Å². The van der Waals surface area contributed by atoms with Gasteiger partial charge in [0.25, 0.3) is 5.91 Å². The van der Waals surface area contributed by atoms with Gasteiger partial charge in [-0.3, -0.25) is 4.79 Å². The summed E-state index contributed by atoms with van der Waals surface area (Å²) in [4.78, 5) is 17.0. The molecule has 22 heavy (non-hydrogen) atoms. The number of rotatable bonds is 2. The van der Waals surface area contributed by atoms with E-state index in [4.69, 9.17) is 0 Å². The summed E-state index contributed by atoms with van der Waals surface area (Å²) in [5.41, 5.74) is 1.61. The number of aliphatic imine (C=N–C) groups is 1. The quantitative estimate of drug-likeness (QED) is 0.779. The summed E-state index contributed by atoms with van der Waals surface area (Å²) in [5, 5.41) is 12.6. The van der Waals surface area contributed by atoms with Crippen molar-refractivity contribution >= 4 is 50.5 Å². The zero-order valence-corrected chi connectivity index (χ0v) is 13.7. The molecule has 4 nitrogen and oxygen atoms in total. The summed E-state index contributed by atoms with van der Waals surface area (Å²) in [5.74, 6) is 0.0226. The molecule has 1 heterocycles. The van der Waals surface area contributed by atoms with E-state index < -0.39 is 0 Å². The Morgan fingerprint density at radius 2 is 1.95 bits per heavy atom. The van der Waals surface area contributed by atoms with Crippen molar-refractivity contribution < 1.29 is 9.90 Å². The van der Waals surface area contributed by atoms with Crippen LogP contribution in [0, 0.1) is 0 Å². The van der Waals surface area contributed by atoms with Gasteiger partial charge in [-0.05, 0) is 53.7 Å². The second-order valence-electron chi connectivity index (χ2n) is 4.55. The summed E-state index contributed by atoms with van der Waals surface area (Å²) >= 11 is 4.68. The second kappa shape index (κ2) is 6.37. The molecule has 2 aromatic rings. The number of halogens is 1. The first kappa shape index (κ1) is 14.9. The van der Waals surface area contributed by atoms with Crippen LogP contribution in [-0.4, -0.2) is 16.2 Å². The lowest BCUT2D eigenvalue weighted by Gasteiger charge is -1.97. The van der Waals surface area contributed by atoms with Crippen LogP contribution in [-0.2, 0) is 4.79 Å². The van der Waals surface area contributed by atoms with E-state index in [9.17, 15) is 9.90 Å². The first-order valence-corrected chi connectivity index (χ1v) is 8.05. The Hall–Kier alpha value is -2.05. The zero-order chi connectivity index (χ0) is 15.5. The number of amidine groups is 1. The number of phenolic OH excluding ortho intramolecular Hbond substituents is 1. The van der Waals surface area contributed by atoms with E-state index in [1.54, 1.807) is 30.3 Å². The minimum atomic E-state index is -0.174. The van der Waals surface area contributed by atoms with Gasteiger partial charge in [0, 0.05) is 4.47 Å².